The summed E-state index contributed by atoms with van der Waals surface area (Å²) in [4.78, 5) is 0.270. The summed E-state index contributed by atoms with van der Waals surface area (Å²) in [5.74, 6) is 0.447. The molecule has 0 aliphatic rings. The number of benzene rings is 1. The number of rotatable bonds is 7. The average molecular weight is 369 g/mol. The molecule has 0 atom stereocenters. The number of nitrogens with one attached hydrogen (secondary N) is 1. The van der Waals surface area contributed by atoms with E-state index in [2.05, 4.69) is 20.7 Å². The van der Waals surface area contributed by atoms with Crippen LogP contribution in [0.2, 0.25) is 0 Å². The lowest BCUT2D eigenvalue weighted by Crippen LogP contribution is -2.38. The largest absolute Gasteiger partial charge is 0.240 e. The van der Waals surface area contributed by atoms with Crippen LogP contribution in [0.25, 0.3) is 0 Å². The van der Waals surface area contributed by atoms with Crippen LogP contribution in [-0.2, 0) is 10.0 Å². The Labute approximate surface area is 128 Å². The van der Waals surface area contributed by atoms with E-state index >= 15 is 0 Å². The van der Waals surface area contributed by atoms with Crippen molar-refractivity contribution in [2.24, 2.45) is 5.41 Å². The molecule has 0 heterocycles. The summed E-state index contributed by atoms with van der Waals surface area (Å²) in [7, 11) is -3.47. The molecule has 1 N–H and O–H groups in total. The summed E-state index contributed by atoms with van der Waals surface area (Å²) in [6.45, 7) is 4.42. The van der Waals surface area contributed by atoms with Gasteiger partial charge in [0, 0.05) is 16.9 Å². The topological polar surface area (TPSA) is 46.2 Å². The fraction of sp³-hybridized carbons (Fsp3) is 0.538. The third-order valence-corrected chi connectivity index (χ3v) is 6.06. The van der Waals surface area contributed by atoms with Gasteiger partial charge in [-0.05, 0) is 42.5 Å². The Morgan fingerprint density at radius 2 is 1.74 bits per heavy atom. The molecule has 0 spiro atoms. The number of halogens is 2. The van der Waals surface area contributed by atoms with Crippen molar-refractivity contribution in [3.05, 3.63) is 28.7 Å². The molecular formula is C13H19BrClNO2S. The Bertz CT molecular complexity index is 490. The van der Waals surface area contributed by atoms with Gasteiger partial charge >= 0.3 is 0 Å². The van der Waals surface area contributed by atoms with Gasteiger partial charge in [0.15, 0.2) is 0 Å². The van der Waals surface area contributed by atoms with Gasteiger partial charge in [-0.1, -0.05) is 29.8 Å². The summed E-state index contributed by atoms with van der Waals surface area (Å²) >= 11 is 9.26. The second-order valence-corrected chi connectivity index (χ2v) is 7.57. The van der Waals surface area contributed by atoms with Crippen LogP contribution in [-0.4, -0.2) is 20.8 Å². The number of hydrogen-bond donors (Lipinski definition) is 1. The van der Waals surface area contributed by atoms with Crippen LogP contribution in [0.4, 0.5) is 0 Å². The van der Waals surface area contributed by atoms with E-state index in [0.29, 0.717) is 12.4 Å². The van der Waals surface area contributed by atoms with E-state index in [0.717, 1.165) is 17.3 Å². The van der Waals surface area contributed by atoms with Crippen molar-refractivity contribution in [2.75, 3.05) is 12.4 Å². The molecule has 19 heavy (non-hydrogen) atoms. The van der Waals surface area contributed by atoms with Crippen molar-refractivity contribution in [3.8, 4) is 0 Å². The van der Waals surface area contributed by atoms with E-state index in [1.807, 2.05) is 13.8 Å². The summed E-state index contributed by atoms with van der Waals surface area (Å²) < 4.78 is 27.8. The number of alkyl halides is 1. The molecule has 3 nitrogen and oxygen atoms in total. The van der Waals surface area contributed by atoms with Crippen LogP contribution in [0.1, 0.15) is 26.7 Å². The highest BCUT2D eigenvalue weighted by molar-refractivity contribution is 9.10. The molecule has 1 rings (SSSR count). The van der Waals surface area contributed by atoms with Crippen molar-refractivity contribution in [1.82, 2.24) is 4.72 Å². The highest BCUT2D eigenvalue weighted by Crippen LogP contribution is 2.27. The second kappa shape index (κ2) is 7.07. The van der Waals surface area contributed by atoms with Gasteiger partial charge < -0.3 is 0 Å². The van der Waals surface area contributed by atoms with E-state index in [4.69, 9.17) is 11.6 Å². The Morgan fingerprint density at radius 1 is 1.21 bits per heavy atom. The molecular weight excluding hydrogens is 350 g/mol. The van der Waals surface area contributed by atoms with Gasteiger partial charge in [-0.2, -0.15) is 0 Å². The maximum Gasteiger partial charge on any atom is 0.240 e. The van der Waals surface area contributed by atoms with E-state index in [9.17, 15) is 8.42 Å². The van der Waals surface area contributed by atoms with Gasteiger partial charge in [-0.3, -0.25) is 0 Å². The maximum absolute atomic E-state index is 12.2. The maximum atomic E-state index is 12.2. The molecule has 108 valence electrons. The summed E-state index contributed by atoms with van der Waals surface area (Å²) in [5.41, 5.74) is -0.177. The Morgan fingerprint density at radius 3 is 2.16 bits per heavy atom. The predicted octanol–water partition coefficient (Wildman–Crippen LogP) is 3.77. The number of sulfonamides is 1. The highest BCUT2D eigenvalue weighted by atomic mass is 79.9. The van der Waals surface area contributed by atoms with Gasteiger partial charge in [0.25, 0.3) is 0 Å². The van der Waals surface area contributed by atoms with Gasteiger partial charge in [0.2, 0.25) is 10.0 Å². The first kappa shape index (κ1) is 17.0. The molecule has 0 radical (unpaired) electrons. The van der Waals surface area contributed by atoms with Crippen LogP contribution in [0, 0.1) is 5.41 Å². The Hall–Kier alpha value is -0.100. The normalized spacial score (nSPS) is 12.6. The molecule has 0 unspecified atom stereocenters. The molecule has 0 aromatic heterocycles. The minimum atomic E-state index is -3.47. The fourth-order valence-corrected chi connectivity index (χ4v) is 3.58. The van der Waals surface area contributed by atoms with E-state index in [1.54, 1.807) is 24.3 Å². The number of hydrogen-bond acceptors (Lipinski definition) is 2. The molecule has 6 heteroatoms. The van der Waals surface area contributed by atoms with Crippen molar-refractivity contribution in [1.29, 1.82) is 0 Å². The molecule has 0 amide bonds. The monoisotopic (exact) mass is 367 g/mol. The van der Waals surface area contributed by atoms with Crippen molar-refractivity contribution >= 4 is 37.6 Å². The van der Waals surface area contributed by atoms with Crippen LogP contribution < -0.4 is 4.72 Å². The van der Waals surface area contributed by atoms with E-state index < -0.39 is 10.0 Å². The molecule has 0 bridgehead atoms. The van der Waals surface area contributed by atoms with Crippen molar-refractivity contribution in [2.45, 2.75) is 31.6 Å². The molecule has 1 aromatic rings. The first-order valence-corrected chi connectivity index (χ1v) is 9.01. The zero-order valence-electron chi connectivity index (χ0n) is 11.1. The second-order valence-electron chi connectivity index (χ2n) is 4.62. The Balaban J connectivity index is 2.83. The van der Waals surface area contributed by atoms with Gasteiger partial charge in [-0.15, -0.1) is 11.6 Å². The summed E-state index contributed by atoms with van der Waals surface area (Å²) in [6, 6.07) is 6.57. The van der Waals surface area contributed by atoms with Gasteiger partial charge in [0.05, 0.1) is 4.90 Å². The Kier molecular flexibility index (Phi) is 6.30. The molecule has 0 aliphatic heterocycles. The minimum absolute atomic E-state index is 0.177. The lowest BCUT2D eigenvalue weighted by Gasteiger charge is -2.29. The van der Waals surface area contributed by atoms with E-state index in [-0.39, 0.29) is 10.3 Å². The predicted molar refractivity (Wildman–Crippen MR) is 83.1 cm³/mol. The lowest BCUT2D eigenvalue weighted by molar-refractivity contribution is 0.304. The molecule has 0 saturated heterocycles. The lowest BCUT2D eigenvalue weighted by atomic mass is 9.85. The zero-order valence-corrected chi connectivity index (χ0v) is 14.3. The first-order chi connectivity index (χ1) is 8.89. The summed E-state index contributed by atoms with van der Waals surface area (Å²) in [6.07, 6.45) is 1.69. The molecule has 1 aromatic carbocycles. The first-order valence-electron chi connectivity index (χ1n) is 6.20. The standard InChI is InChI=1S/C13H19BrClNO2S/c1-3-13(4-2,9-15)10-16-19(17,18)12-7-5-11(14)6-8-12/h5-8,16H,3-4,9-10H2,1-2H3. The smallest absolute Gasteiger partial charge is 0.211 e. The zero-order chi connectivity index (χ0) is 14.5. The van der Waals surface area contributed by atoms with Crippen LogP contribution >= 0.6 is 27.5 Å². The molecule has 0 aliphatic carbocycles. The third kappa shape index (κ3) is 4.45. The van der Waals surface area contributed by atoms with Crippen molar-refractivity contribution < 1.29 is 8.42 Å². The van der Waals surface area contributed by atoms with Gasteiger partial charge in [0.1, 0.15) is 0 Å². The van der Waals surface area contributed by atoms with Gasteiger partial charge in [-0.25, -0.2) is 13.1 Å². The average Bonchev–Trinajstić information content (AvgIpc) is 2.41. The van der Waals surface area contributed by atoms with Crippen molar-refractivity contribution in [3.63, 3.8) is 0 Å². The third-order valence-electron chi connectivity index (χ3n) is 3.54. The SMILES string of the molecule is CCC(CC)(CCl)CNS(=O)(=O)c1ccc(Br)cc1. The highest BCUT2D eigenvalue weighted by Gasteiger charge is 2.27. The minimum Gasteiger partial charge on any atom is -0.211 e. The van der Waals surface area contributed by atoms with Crippen LogP contribution in [0.5, 0.6) is 0 Å². The van der Waals surface area contributed by atoms with Crippen LogP contribution in [0.3, 0.4) is 0 Å². The molecule has 0 fully saturated rings. The summed E-state index contributed by atoms with van der Waals surface area (Å²) in [5, 5.41) is 0. The molecule has 0 saturated carbocycles. The fourth-order valence-electron chi connectivity index (χ4n) is 1.68. The quantitative estimate of drug-likeness (QED) is 0.745. The van der Waals surface area contributed by atoms with Crippen LogP contribution in [0.15, 0.2) is 33.6 Å². The van der Waals surface area contributed by atoms with E-state index in [1.165, 1.54) is 0 Å².